The van der Waals surface area contributed by atoms with Crippen LogP contribution in [0.15, 0.2) is 12.1 Å². The van der Waals surface area contributed by atoms with E-state index in [4.69, 9.17) is 60.6 Å². The standard InChI is InChI=1S/C21H6Cl4I4O5/c1-32-19-7(27)3-5-18(15(19)29)33-17-4(2-6(26)16(30)14(17)28)21(5)9-8(20(31)34-21)10(22)12(24)13(25)11(9)23/h2-3,30H,1H3. The van der Waals surface area contributed by atoms with Gasteiger partial charge in [-0.15, -0.1) is 0 Å². The van der Waals surface area contributed by atoms with Crippen molar-refractivity contribution in [3.05, 3.63) is 68.8 Å². The monoisotopic (exact) mass is 986 g/mol. The lowest BCUT2D eigenvalue weighted by atomic mass is 9.77. The molecule has 2 aliphatic rings. The molecule has 5 rings (SSSR count). The van der Waals surface area contributed by atoms with Crippen LogP contribution in [0.3, 0.4) is 0 Å². The molecule has 0 bridgehead atoms. The van der Waals surface area contributed by atoms with E-state index in [-0.39, 0.29) is 37.0 Å². The minimum atomic E-state index is -1.57. The summed E-state index contributed by atoms with van der Waals surface area (Å²) in [5.74, 6) is 0.618. The minimum Gasteiger partial charge on any atom is -0.506 e. The number of halogens is 8. The molecule has 34 heavy (non-hydrogen) atoms. The summed E-state index contributed by atoms with van der Waals surface area (Å²) >= 11 is 34.2. The van der Waals surface area contributed by atoms with Crippen LogP contribution in [0.2, 0.25) is 20.1 Å². The number of fused-ring (bicyclic) bond motifs is 6. The van der Waals surface area contributed by atoms with Gasteiger partial charge in [0.25, 0.3) is 0 Å². The van der Waals surface area contributed by atoms with Crippen molar-refractivity contribution in [1.29, 1.82) is 0 Å². The summed E-state index contributed by atoms with van der Waals surface area (Å²) in [7, 11) is 1.56. The molecule has 13 heteroatoms. The molecule has 0 saturated carbocycles. The van der Waals surface area contributed by atoms with Crippen LogP contribution in [-0.2, 0) is 10.3 Å². The lowest BCUT2D eigenvalue weighted by molar-refractivity contribution is 0.0223. The number of methoxy groups -OCH3 is 1. The van der Waals surface area contributed by atoms with Crippen LogP contribution in [0, 0.1) is 14.3 Å². The molecule has 1 unspecified atom stereocenters. The molecule has 1 spiro atoms. The number of phenolic OH excluding ortho intramolecular Hbond substituents is 1. The molecule has 2 heterocycles. The first-order valence-corrected chi connectivity index (χ1v) is 14.9. The normalized spacial score (nSPS) is 17.7. The van der Waals surface area contributed by atoms with E-state index in [1.165, 1.54) is 0 Å². The first kappa shape index (κ1) is 26.2. The van der Waals surface area contributed by atoms with Gasteiger partial charge in [0.1, 0.15) is 11.5 Å². The molecule has 5 nitrogen and oxygen atoms in total. The van der Waals surface area contributed by atoms with Crippen molar-refractivity contribution < 1.29 is 24.1 Å². The van der Waals surface area contributed by atoms with Gasteiger partial charge in [-0.1, -0.05) is 46.4 Å². The number of aromatic hydroxyl groups is 1. The average Bonchev–Trinajstić information content (AvgIpc) is 3.10. The molecule has 0 aromatic heterocycles. The molecule has 3 aromatic carbocycles. The van der Waals surface area contributed by atoms with Gasteiger partial charge in [0.2, 0.25) is 0 Å². The largest absolute Gasteiger partial charge is 0.506 e. The average molecular weight is 988 g/mol. The molecular formula is C21H6Cl4I4O5. The summed E-state index contributed by atoms with van der Waals surface area (Å²) in [6.45, 7) is 0. The zero-order chi connectivity index (χ0) is 24.9. The minimum absolute atomic E-state index is 0.000396. The van der Waals surface area contributed by atoms with Crippen LogP contribution < -0.4 is 9.47 Å². The highest BCUT2D eigenvalue weighted by Gasteiger charge is 2.58. The molecule has 176 valence electrons. The van der Waals surface area contributed by atoms with Gasteiger partial charge in [-0.3, -0.25) is 0 Å². The van der Waals surface area contributed by atoms with Gasteiger partial charge < -0.3 is 19.3 Å². The van der Waals surface area contributed by atoms with Crippen molar-refractivity contribution in [3.8, 4) is 23.0 Å². The van der Waals surface area contributed by atoms with E-state index >= 15 is 0 Å². The predicted molar refractivity (Wildman–Crippen MR) is 164 cm³/mol. The van der Waals surface area contributed by atoms with E-state index in [0.29, 0.717) is 39.1 Å². The van der Waals surface area contributed by atoms with Gasteiger partial charge in [-0.25, -0.2) is 4.79 Å². The molecular weight excluding hydrogens is 982 g/mol. The van der Waals surface area contributed by atoms with Gasteiger partial charge in [-0.05, 0) is 102 Å². The Hall–Kier alpha value is 0.610. The third-order valence-electron chi connectivity index (χ3n) is 5.52. The van der Waals surface area contributed by atoms with Crippen LogP contribution in [0.1, 0.15) is 27.0 Å². The molecule has 0 amide bonds. The maximum atomic E-state index is 13.3. The number of esters is 1. The number of hydrogen-bond acceptors (Lipinski definition) is 5. The van der Waals surface area contributed by atoms with Crippen molar-refractivity contribution in [3.63, 3.8) is 0 Å². The number of carbonyl (C=O) groups is 1. The second-order valence-corrected chi connectivity index (χ2v) is 13.2. The summed E-state index contributed by atoms with van der Waals surface area (Å²) in [5.41, 5.74) is -0.302. The quantitative estimate of drug-likeness (QED) is 0.114. The Labute approximate surface area is 267 Å². The highest BCUT2D eigenvalue weighted by Crippen LogP contribution is 2.63. The van der Waals surface area contributed by atoms with Crippen molar-refractivity contribution in [2.45, 2.75) is 5.60 Å². The topological polar surface area (TPSA) is 65.0 Å². The third-order valence-corrected chi connectivity index (χ3v) is 10.9. The molecule has 3 aromatic rings. The Balaban J connectivity index is 2.04. The molecule has 0 saturated heterocycles. The summed E-state index contributed by atoms with van der Waals surface area (Å²) in [6, 6.07) is 3.50. The van der Waals surface area contributed by atoms with Crippen LogP contribution in [0.5, 0.6) is 23.0 Å². The number of carbonyl (C=O) groups excluding carboxylic acids is 1. The van der Waals surface area contributed by atoms with E-state index in [9.17, 15) is 9.90 Å². The Bertz CT molecular complexity index is 1480. The van der Waals surface area contributed by atoms with E-state index < -0.39 is 11.6 Å². The second kappa shape index (κ2) is 9.12. The zero-order valence-electron chi connectivity index (χ0n) is 16.3. The van der Waals surface area contributed by atoms with Crippen molar-refractivity contribution in [2.75, 3.05) is 7.11 Å². The third kappa shape index (κ3) is 3.42. The lowest BCUT2D eigenvalue weighted by Gasteiger charge is -2.38. The number of hydrogen-bond donors (Lipinski definition) is 1. The van der Waals surface area contributed by atoms with E-state index in [1.807, 2.05) is 51.2 Å². The summed E-state index contributed by atoms with van der Waals surface area (Å²) < 4.78 is 20.5. The summed E-state index contributed by atoms with van der Waals surface area (Å²) in [6.07, 6.45) is 0. The van der Waals surface area contributed by atoms with Crippen molar-refractivity contribution in [2.24, 2.45) is 0 Å². The summed E-state index contributed by atoms with van der Waals surface area (Å²) in [5, 5.41) is 10.6. The van der Waals surface area contributed by atoms with E-state index in [0.717, 1.165) is 3.57 Å². The zero-order valence-corrected chi connectivity index (χ0v) is 27.9. The number of rotatable bonds is 1. The maximum Gasteiger partial charge on any atom is 0.341 e. The second-order valence-electron chi connectivity index (χ2n) is 7.16. The van der Waals surface area contributed by atoms with Crippen LogP contribution in [-0.4, -0.2) is 18.2 Å². The Morgan fingerprint density at radius 2 is 1.44 bits per heavy atom. The highest BCUT2D eigenvalue weighted by atomic mass is 127. The van der Waals surface area contributed by atoms with Crippen LogP contribution in [0.25, 0.3) is 0 Å². The molecule has 0 fully saturated rings. The predicted octanol–water partition coefficient (Wildman–Crippen LogP) is 9.00. The van der Waals surface area contributed by atoms with Crippen LogP contribution >= 0.6 is 137 Å². The maximum absolute atomic E-state index is 13.3. The number of phenols is 1. The molecule has 2 aliphatic heterocycles. The van der Waals surface area contributed by atoms with Gasteiger partial charge in [0.15, 0.2) is 17.1 Å². The number of benzene rings is 3. The van der Waals surface area contributed by atoms with Crippen molar-refractivity contribution >= 4 is 143 Å². The Morgan fingerprint density at radius 1 is 0.882 bits per heavy atom. The van der Waals surface area contributed by atoms with E-state index in [2.05, 4.69) is 45.2 Å². The van der Waals surface area contributed by atoms with Gasteiger partial charge >= 0.3 is 5.97 Å². The first-order valence-electron chi connectivity index (χ1n) is 9.02. The van der Waals surface area contributed by atoms with Gasteiger partial charge in [-0.2, -0.15) is 0 Å². The van der Waals surface area contributed by atoms with Gasteiger partial charge in [0, 0.05) is 5.56 Å². The van der Waals surface area contributed by atoms with Gasteiger partial charge in [0.05, 0.1) is 58.2 Å². The summed E-state index contributed by atoms with van der Waals surface area (Å²) in [4.78, 5) is 13.3. The fourth-order valence-electron chi connectivity index (χ4n) is 4.11. The molecule has 0 aliphatic carbocycles. The molecule has 1 N–H and O–H groups in total. The SMILES string of the molecule is COc1c(I)cc2c(c1I)Oc1c(cc(I)c(O)c1I)C21OC(=O)c2c(Cl)c(Cl)c(Cl)c(Cl)c21. The van der Waals surface area contributed by atoms with E-state index in [1.54, 1.807) is 13.2 Å². The fourth-order valence-corrected chi connectivity index (χ4v) is 9.19. The molecule has 1 atom stereocenters. The first-order chi connectivity index (χ1) is 16.0. The fraction of sp³-hybridized carbons (Fsp3) is 0.0952. The molecule has 0 radical (unpaired) electrons. The number of ether oxygens (including phenoxy) is 3. The Kier molecular flexibility index (Phi) is 7.03. The van der Waals surface area contributed by atoms with Crippen LogP contribution in [0.4, 0.5) is 0 Å². The lowest BCUT2D eigenvalue weighted by Crippen LogP contribution is -2.34. The van der Waals surface area contributed by atoms with Crippen molar-refractivity contribution in [1.82, 2.24) is 0 Å². The smallest absolute Gasteiger partial charge is 0.341 e. The highest BCUT2D eigenvalue weighted by molar-refractivity contribution is 14.1. The Morgan fingerprint density at radius 3 is 2.06 bits per heavy atom.